The van der Waals surface area contributed by atoms with Crippen LogP contribution in [-0.4, -0.2) is 34.2 Å². The molecule has 4 rings (SSSR count). The molecule has 0 atom stereocenters. The second kappa shape index (κ2) is 5.35. The highest BCUT2D eigenvalue weighted by molar-refractivity contribution is 5.52. The molecule has 0 amide bonds. The lowest BCUT2D eigenvalue weighted by atomic mass is 10.3. The first-order valence-electron chi connectivity index (χ1n) is 7.59. The van der Waals surface area contributed by atoms with Crippen LogP contribution in [-0.2, 0) is 13.1 Å². The summed E-state index contributed by atoms with van der Waals surface area (Å²) in [5.41, 5.74) is 4.90. The van der Waals surface area contributed by atoms with E-state index < -0.39 is 0 Å². The van der Waals surface area contributed by atoms with Crippen LogP contribution in [0.5, 0.6) is 0 Å². The van der Waals surface area contributed by atoms with Crippen LogP contribution in [0.2, 0.25) is 0 Å². The summed E-state index contributed by atoms with van der Waals surface area (Å²) in [4.78, 5) is 4.61. The Kier molecular flexibility index (Phi) is 3.18. The number of hydrogen-bond acceptors (Lipinski definition) is 4. The monoisotopic (exact) mass is 307 g/mol. The molecular weight excluding hydrogens is 290 g/mol. The Balaban J connectivity index is 1.61. The van der Waals surface area contributed by atoms with Crippen molar-refractivity contribution in [2.45, 2.75) is 26.9 Å². The average molecular weight is 307 g/mol. The van der Waals surface area contributed by atoms with Crippen LogP contribution in [0.1, 0.15) is 18.2 Å². The molecular formula is C16H17N7. The van der Waals surface area contributed by atoms with Gasteiger partial charge in [-0.15, -0.1) is 5.10 Å². The predicted octanol–water partition coefficient (Wildman–Crippen LogP) is 2.17. The molecule has 0 saturated carbocycles. The number of rotatable bonds is 4. The molecule has 0 aromatic carbocycles. The molecule has 0 unspecified atom stereocenters. The molecule has 0 aliphatic rings. The molecule has 0 aliphatic heterocycles. The maximum atomic E-state index is 4.61. The SMILES string of the molecule is CCn1nccc1-c1cn(Cc2cn3cc(C)ccc3n2)nn1. The fraction of sp³-hybridized carbons (Fsp3) is 0.250. The Labute approximate surface area is 133 Å². The molecule has 0 fully saturated rings. The minimum atomic E-state index is 0.591. The van der Waals surface area contributed by atoms with E-state index in [2.05, 4.69) is 46.5 Å². The van der Waals surface area contributed by atoms with E-state index in [1.165, 1.54) is 5.56 Å². The van der Waals surface area contributed by atoms with Crippen LogP contribution in [0.25, 0.3) is 17.0 Å². The Bertz CT molecular complexity index is 960. The number of aryl methyl sites for hydroxylation is 2. The summed E-state index contributed by atoms with van der Waals surface area (Å²) in [6, 6.07) is 6.03. The van der Waals surface area contributed by atoms with E-state index in [1.54, 1.807) is 10.9 Å². The van der Waals surface area contributed by atoms with Crippen LogP contribution in [0.3, 0.4) is 0 Å². The highest BCUT2D eigenvalue weighted by Gasteiger charge is 2.10. The van der Waals surface area contributed by atoms with Crippen LogP contribution < -0.4 is 0 Å². The maximum Gasteiger partial charge on any atom is 0.137 e. The van der Waals surface area contributed by atoms with Gasteiger partial charge < -0.3 is 4.40 Å². The molecule has 0 spiro atoms. The van der Waals surface area contributed by atoms with Gasteiger partial charge in [-0.2, -0.15) is 5.10 Å². The topological polar surface area (TPSA) is 65.8 Å². The van der Waals surface area contributed by atoms with Crippen LogP contribution in [0.15, 0.2) is 43.0 Å². The third kappa shape index (κ3) is 2.50. The van der Waals surface area contributed by atoms with Crippen LogP contribution >= 0.6 is 0 Å². The second-order valence-corrected chi connectivity index (χ2v) is 5.54. The van der Waals surface area contributed by atoms with Crippen molar-refractivity contribution < 1.29 is 0 Å². The van der Waals surface area contributed by atoms with E-state index in [0.29, 0.717) is 6.54 Å². The Morgan fingerprint density at radius 1 is 1.09 bits per heavy atom. The molecule has 0 bridgehead atoms. The fourth-order valence-electron chi connectivity index (χ4n) is 2.69. The Morgan fingerprint density at radius 2 is 2.00 bits per heavy atom. The van der Waals surface area contributed by atoms with E-state index in [0.717, 1.165) is 29.3 Å². The first-order chi connectivity index (χ1) is 11.2. The van der Waals surface area contributed by atoms with Gasteiger partial charge in [0.1, 0.15) is 11.3 Å². The maximum absolute atomic E-state index is 4.61. The molecule has 4 aromatic heterocycles. The number of nitrogens with zero attached hydrogens (tertiary/aromatic N) is 7. The van der Waals surface area contributed by atoms with Crippen LogP contribution in [0.4, 0.5) is 0 Å². The van der Waals surface area contributed by atoms with Gasteiger partial charge in [-0.05, 0) is 31.5 Å². The van der Waals surface area contributed by atoms with Gasteiger partial charge in [-0.25, -0.2) is 9.67 Å². The Hall–Kier alpha value is -2.96. The van der Waals surface area contributed by atoms with Crippen molar-refractivity contribution in [2.75, 3.05) is 0 Å². The molecule has 4 aromatic rings. The number of aromatic nitrogens is 7. The zero-order valence-electron chi connectivity index (χ0n) is 13.1. The third-order valence-corrected chi connectivity index (χ3v) is 3.79. The lowest BCUT2D eigenvalue weighted by Crippen LogP contribution is -2.00. The van der Waals surface area contributed by atoms with Crippen molar-refractivity contribution in [3.63, 3.8) is 0 Å². The minimum Gasteiger partial charge on any atom is -0.306 e. The molecule has 4 heterocycles. The first kappa shape index (κ1) is 13.7. The van der Waals surface area contributed by atoms with Gasteiger partial charge >= 0.3 is 0 Å². The number of imidazole rings is 1. The lowest BCUT2D eigenvalue weighted by Gasteiger charge is -1.99. The van der Waals surface area contributed by atoms with Crippen molar-refractivity contribution in [1.82, 2.24) is 34.2 Å². The van der Waals surface area contributed by atoms with E-state index in [9.17, 15) is 0 Å². The predicted molar refractivity (Wildman–Crippen MR) is 85.9 cm³/mol. The molecule has 0 aliphatic carbocycles. The largest absolute Gasteiger partial charge is 0.306 e. The van der Waals surface area contributed by atoms with Crippen molar-refractivity contribution in [2.24, 2.45) is 0 Å². The van der Waals surface area contributed by atoms with Crippen molar-refractivity contribution in [1.29, 1.82) is 0 Å². The second-order valence-electron chi connectivity index (χ2n) is 5.54. The first-order valence-corrected chi connectivity index (χ1v) is 7.59. The molecule has 7 heteroatoms. The number of fused-ring (bicyclic) bond motifs is 1. The fourth-order valence-corrected chi connectivity index (χ4v) is 2.69. The smallest absolute Gasteiger partial charge is 0.137 e. The number of pyridine rings is 1. The molecule has 0 radical (unpaired) electrons. The number of hydrogen-bond donors (Lipinski definition) is 0. The normalized spacial score (nSPS) is 11.4. The van der Waals surface area contributed by atoms with Gasteiger partial charge in [0.2, 0.25) is 0 Å². The van der Waals surface area contributed by atoms with E-state index in [1.807, 2.05) is 33.6 Å². The van der Waals surface area contributed by atoms with E-state index in [-0.39, 0.29) is 0 Å². The van der Waals surface area contributed by atoms with Gasteiger partial charge in [-0.3, -0.25) is 4.68 Å². The summed E-state index contributed by atoms with van der Waals surface area (Å²) in [6.45, 7) is 5.52. The summed E-state index contributed by atoms with van der Waals surface area (Å²) in [5.74, 6) is 0. The standard InChI is InChI=1S/C16H17N7/c1-3-23-15(6-7-17-23)14-11-22(20-19-14)10-13-9-21-8-12(2)4-5-16(21)18-13/h4-9,11H,3,10H2,1-2H3. The zero-order chi connectivity index (χ0) is 15.8. The molecule has 23 heavy (non-hydrogen) atoms. The van der Waals surface area contributed by atoms with Crippen molar-refractivity contribution in [3.8, 4) is 11.4 Å². The third-order valence-electron chi connectivity index (χ3n) is 3.79. The van der Waals surface area contributed by atoms with E-state index >= 15 is 0 Å². The van der Waals surface area contributed by atoms with E-state index in [4.69, 9.17) is 0 Å². The molecule has 116 valence electrons. The van der Waals surface area contributed by atoms with Crippen molar-refractivity contribution >= 4 is 5.65 Å². The molecule has 0 N–H and O–H groups in total. The van der Waals surface area contributed by atoms with Gasteiger partial charge in [0.05, 0.1) is 24.1 Å². The summed E-state index contributed by atoms with van der Waals surface area (Å²) in [5, 5.41) is 12.7. The zero-order valence-corrected chi connectivity index (χ0v) is 13.1. The lowest BCUT2D eigenvalue weighted by molar-refractivity contribution is 0.641. The molecule has 0 saturated heterocycles. The summed E-state index contributed by atoms with van der Waals surface area (Å²) < 4.78 is 5.74. The highest BCUT2D eigenvalue weighted by atomic mass is 15.4. The van der Waals surface area contributed by atoms with Gasteiger partial charge in [0.25, 0.3) is 0 Å². The minimum absolute atomic E-state index is 0.591. The quantitative estimate of drug-likeness (QED) is 0.579. The van der Waals surface area contributed by atoms with Crippen LogP contribution in [0, 0.1) is 6.92 Å². The Morgan fingerprint density at radius 3 is 2.87 bits per heavy atom. The van der Waals surface area contributed by atoms with Crippen molar-refractivity contribution in [3.05, 3.63) is 54.2 Å². The molecule has 7 nitrogen and oxygen atoms in total. The van der Waals surface area contributed by atoms with Gasteiger partial charge in [0.15, 0.2) is 0 Å². The van der Waals surface area contributed by atoms with Gasteiger partial charge in [0, 0.05) is 25.1 Å². The summed E-state index contributed by atoms with van der Waals surface area (Å²) >= 11 is 0. The highest BCUT2D eigenvalue weighted by Crippen LogP contribution is 2.16. The summed E-state index contributed by atoms with van der Waals surface area (Å²) in [6.07, 6.45) is 7.80. The summed E-state index contributed by atoms with van der Waals surface area (Å²) in [7, 11) is 0. The van der Waals surface area contributed by atoms with Gasteiger partial charge in [-0.1, -0.05) is 11.3 Å². The average Bonchev–Trinajstić information content (AvgIpc) is 3.24.